The highest BCUT2D eigenvalue weighted by Crippen LogP contribution is 2.10. The molecule has 0 aromatic carbocycles. The summed E-state index contributed by atoms with van der Waals surface area (Å²) in [7, 11) is 1.77. The Hall–Kier alpha value is -2.44. The van der Waals surface area contributed by atoms with E-state index < -0.39 is 5.91 Å². The molecule has 2 rings (SSSR count). The standard InChI is InChI=1S/C10H12N6O/c1-6-13-8(12-2)5-9(14-6)16-4-3-7(15-16)10(11)17/h3-5H,1-2H3,(H2,11,17)(H,12,13,14). The van der Waals surface area contributed by atoms with Crippen LogP contribution in [0.15, 0.2) is 18.3 Å². The lowest BCUT2D eigenvalue weighted by atomic mass is 10.4. The maximum absolute atomic E-state index is 10.9. The Morgan fingerprint density at radius 3 is 2.82 bits per heavy atom. The van der Waals surface area contributed by atoms with E-state index in [0.29, 0.717) is 17.5 Å². The molecule has 7 heteroatoms. The number of nitrogens with one attached hydrogen (secondary N) is 1. The zero-order valence-electron chi connectivity index (χ0n) is 9.51. The number of carbonyl (C=O) groups excluding carboxylic acids is 1. The van der Waals surface area contributed by atoms with Crippen molar-refractivity contribution in [2.75, 3.05) is 12.4 Å². The Morgan fingerprint density at radius 1 is 1.47 bits per heavy atom. The van der Waals surface area contributed by atoms with Crippen LogP contribution in [0.3, 0.4) is 0 Å². The summed E-state index contributed by atoms with van der Waals surface area (Å²) in [4.78, 5) is 19.3. The first kappa shape index (κ1) is 11.1. The summed E-state index contributed by atoms with van der Waals surface area (Å²) in [6, 6.07) is 3.27. The molecule has 3 N–H and O–H groups in total. The molecule has 0 aliphatic carbocycles. The summed E-state index contributed by atoms with van der Waals surface area (Å²) in [5.74, 6) is 1.31. The van der Waals surface area contributed by atoms with Gasteiger partial charge in [0, 0.05) is 19.3 Å². The Labute approximate surface area is 97.7 Å². The van der Waals surface area contributed by atoms with Gasteiger partial charge in [0.25, 0.3) is 5.91 Å². The SMILES string of the molecule is CNc1cc(-n2ccc(C(N)=O)n2)nc(C)n1. The normalized spacial score (nSPS) is 10.2. The van der Waals surface area contributed by atoms with Gasteiger partial charge in [0.2, 0.25) is 0 Å². The van der Waals surface area contributed by atoms with Crippen LogP contribution in [0, 0.1) is 6.92 Å². The number of rotatable bonds is 3. The van der Waals surface area contributed by atoms with Gasteiger partial charge >= 0.3 is 0 Å². The molecule has 0 aliphatic heterocycles. The van der Waals surface area contributed by atoms with Crippen molar-refractivity contribution >= 4 is 11.7 Å². The Balaban J connectivity index is 2.44. The van der Waals surface area contributed by atoms with Crippen molar-refractivity contribution in [1.82, 2.24) is 19.7 Å². The van der Waals surface area contributed by atoms with Gasteiger partial charge in [0.15, 0.2) is 5.82 Å². The third-order valence-electron chi connectivity index (χ3n) is 2.16. The summed E-state index contributed by atoms with van der Waals surface area (Å²) in [6.45, 7) is 1.78. The number of carbonyl (C=O) groups is 1. The van der Waals surface area contributed by atoms with E-state index in [4.69, 9.17) is 5.73 Å². The second-order valence-corrected chi connectivity index (χ2v) is 3.42. The maximum Gasteiger partial charge on any atom is 0.269 e. The molecule has 88 valence electrons. The van der Waals surface area contributed by atoms with E-state index in [1.165, 1.54) is 4.68 Å². The lowest BCUT2D eigenvalue weighted by Gasteiger charge is -2.04. The number of nitrogens with two attached hydrogens (primary N) is 1. The van der Waals surface area contributed by atoms with Gasteiger partial charge in [-0.2, -0.15) is 5.10 Å². The second kappa shape index (κ2) is 4.20. The highest BCUT2D eigenvalue weighted by atomic mass is 16.1. The van der Waals surface area contributed by atoms with E-state index in [1.807, 2.05) is 0 Å². The molecule has 0 aliphatic rings. The van der Waals surface area contributed by atoms with Crippen molar-refractivity contribution in [2.24, 2.45) is 5.73 Å². The van der Waals surface area contributed by atoms with Crippen LogP contribution in [0.25, 0.3) is 5.82 Å². The molecule has 0 spiro atoms. The molecule has 0 saturated heterocycles. The summed E-state index contributed by atoms with van der Waals surface area (Å²) < 4.78 is 1.48. The van der Waals surface area contributed by atoms with E-state index in [9.17, 15) is 4.79 Å². The average molecular weight is 232 g/mol. The molecule has 0 atom stereocenters. The van der Waals surface area contributed by atoms with Gasteiger partial charge < -0.3 is 11.1 Å². The quantitative estimate of drug-likeness (QED) is 0.782. The third kappa shape index (κ3) is 2.22. The fourth-order valence-electron chi connectivity index (χ4n) is 1.38. The number of aromatic nitrogens is 4. The minimum absolute atomic E-state index is 0.201. The number of anilines is 1. The molecule has 17 heavy (non-hydrogen) atoms. The minimum Gasteiger partial charge on any atom is -0.373 e. The Bertz CT molecular complexity index is 562. The van der Waals surface area contributed by atoms with Crippen LogP contribution in [-0.2, 0) is 0 Å². The van der Waals surface area contributed by atoms with Crippen LogP contribution in [-0.4, -0.2) is 32.7 Å². The van der Waals surface area contributed by atoms with Crippen LogP contribution in [0.2, 0.25) is 0 Å². The van der Waals surface area contributed by atoms with Crippen molar-refractivity contribution in [3.05, 3.63) is 29.8 Å². The molecule has 2 heterocycles. The van der Waals surface area contributed by atoms with E-state index in [-0.39, 0.29) is 5.69 Å². The van der Waals surface area contributed by atoms with Crippen LogP contribution < -0.4 is 11.1 Å². The van der Waals surface area contributed by atoms with Crippen LogP contribution in [0.5, 0.6) is 0 Å². The van der Waals surface area contributed by atoms with Crippen molar-refractivity contribution in [1.29, 1.82) is 0 Å². The lowest BCUT2D eigenvalue weighted by molar-refractivity contribution is 0.0995. The molecule has 0 saturated carbocycles. The summed E-state index contributed by atoms with van der Waals surface area (Å²) >= 11 is 0. The summed E-state index contributed by atoms with van der Waals surface area (Å²) in [5, 5.41) is 6.94. The van der Waals surface area contributed by atoms with E-state index in [1.54, 1.807) is 32.3 Å². The Morgan fingerprint density at radius 2 is 2.24 bits per heavy atom. The molecule has 1 amide bonds. The largest absolute Gasteiger partial charge is 0.373 e. The van der Waals surface area contributed by atoms with Gasteiger partial charge in [-0.3, -0.25) is 4.79 Å². The highest BCUT2D eigenvalue weighted by Gasteiger charge is 2.08. The predicted octanol–water partition coefficient (Wildman–Crippen LogP) is 0.111. The van der Waals surface area contributed by atoms with Crippen LogP contribution in [0.1, 0.15) is 16.3 Å². The number of nitrogens with zero attached hydrogens (tertiary/aromatic N) is 4. The van der Waals surface area contributed by atoms with Gasteiger partial charge in [-0.25, -0.2) is 14.6 Å². The smallest absolute Gasteiger partial charge is 0.269 e. The van der Waals surface area contributed by atoms with Gasteiger partial charge in [-0.1, -0.05) is 0 Å². The fraction of sp³-hybridized carbons (Fsp3) is 0.200. The zero-order valence-corrected chi connectivity index (χ0v) is 9.51. The first-order valence-electron chi connectivity index (χ1n) is 4.99. The number of amides is 1. The van der Waals surface area contributed by atoms with Gasteiger partial charge in [0.1, 0.15) is 17.3 Å². The first-order valence-corrected chi connectivity index (χ1v) is 4.99. The van der Waals surface area contributed by atoms with Gasteiger partial charge in [-0.05, 0) is 13.0 Å². The van der Waals surface area contributed by atoms with Crippen molar-refractivity contribution in [3.8, 4) is 5.82 Å². The molecule has 0 radical (unpaired) electrons. The average Bonchev–Trinajstić information content (AvgIpc) is 2.77. The summed E-state index contributed by atoms with van der Waals surface area (Å²) in [5.41, 5.74) is 5.33. The molecule has 2 aromatic heterocycles. The molecule has 2 aromatic rings. The molecular weight excluding hydrogens is 220 g/mol. The van der Waals surface area contributed by atoms with Gasteiger partial charge in [0.05, 0.1) is 0 Å². The topological polar surface area (TPSA) is 98.7 Å². The maximum atomic E-state index is 10.9. The number of hydrogen-bond donors (Lipinski definition) is 2. The predicted molar refractivity (Wildman–Crippen MR) is 62.0 cm³/mol. The zero-order chi connectivity index (χ0) is 12.4. The van der Waals surface area contributed by atoms with E-state index >= 15 is 0 Å². The van der Waals surface area contributed by atoms with Crippen molar-refractivity contribution < 1.29 is 4.79 Å². The number of aryl methyl sites for hydroxylation is 1. The minimum atomic E-state index is -0.566. The van der Waals surface area contributed by atoms with Gasteiger partial charge in [-0.15, -0.1) is 0 Å². The lowest BCUT2D eigenvalue weighted by Crippen LogP contribution is -2.12. The number of hydrogen-bond acceptors (Lipinski definition) is 5. The second-order valence-electron chi connectivity index (χ2n) is 3.42. The van der Waals surface area contributed by atoms with Crippen molar-refractivity contribution in [2.45, 2.75) is 6.92 Å². The van der Waals surface area contributed by atoms with Crippen LogP contribution >= 0.6 is 0 Å². The third-order valence-corrected chi connectivity index (χ3v) is 2.16. The molecule has 0 fully saturated rings. The fourth-order valence-corrected chi connectivity index (χ4v) is 1.38. The molecule has 0 bridgehead atoms. The highest BCUT2D eigenvalue weighted by molar-refractivity contribution is 5.90. The number of primary amides is 1. The molecular formula is C10H12N6O. The monoisotopic (exact) mass is 232 g/mol. The molecule has 0 unspecified atom stereocenters. The van der Waals surface area contributed by atoms with E-state index in [0.717, 1.165) is 0 Å². The molecule has 7 nitrogen and oxygen atoms in total. The summed E-state index contributed by atoms with van der Waals surface area (Å²) in [6.07, 6.45) is 1.63. The first-order chi connectivity index (χ1) is 8.10. The van der Waals surface area contributed by atoms with Crippen LogP contribution in [0.4, 0.5) is 5.82 Å². The van der Waals surface area contributed by atoms with E-state index in [2.05, 4.69) is 20.4 Å². The van der Waals surface area contributed by atoms with Crippen molar-refractivity contribution in [3.63, 3.8) is 0 Å². The Kier molecular flexibility index (Phi) is 2.73.